The fourth-order valence-electron chi connectivity index (χ4n) is 3.67. The minimum atomic E-state index is 0.164. The third-order valence-electron chi connectivity index (χ3n) is 5.78. The van der Waals surface area contributed by atoms with Crippen LogP contribution in [0, 0.1) is 11.8 Å². The first-order valence-corrected chi connectivity index (χ1v) is 9.46. The van der Waals surface area contributed by atoms with Crippen molar-refractivity contribution in [1.82, 2.24) is 14.9 Å². The normalized spacial score (nSPS) is 21.4. The summed E-state index contributed by atoms with van der Waals surface area (Å²) in [6.45, 7) is 8.46. The molecule has 1 aromatic rings. The molecule has 1 aromatic heterocycles. The van der Waals surface area contributed by atoms with Crippen LogP contribution < -0.4 is 4.90 Å². The van der Waals surface area contributed by atoms with Gasteiger partial charge in [-0.25, -0.2) is 9.97 Å². The summed E-state index contributed by atoms with van der Waals surface area (Å²) in [7, 11) is 0. The number of nitrogens with zero attached hydrogens (tertiary/aromatic N) is 4. The molecule has 2 atom stereocenters. The Morgan fingerprint density at radius 1 is 1.21 bits per heavy atom. The van der Waals surface area contributed by atoms with E-state index in [9.17, 15) is 4.79 Å². The molecular weight excluding hydrogens is 300 g/mol. The first kappa shape index (κ1) is 17.2. The summed E-state index contributed by atoms with van der Waals surface area (Å²) in [6.07, 6.45) is 8.87. The number of anilines is 1. The van der Waals surface area contributed by atoms with Crippen LogP contribution in [-0.4, -0.2) is 45.9 Å². The van der Waals surface area contributed by atoms with Crippen LogP contribution in [0.2, 0.25) is 0 Å². The van der Waals surface area contributed by atoms with Crippen molar-refractivity contribution >= 4 is 11.9 Å². The number of amides is 1. The number of rotatable bonds is 6. The van der Waals surface area contributed by atoms with E-state index in [2.05, 4.69) is 40.5 Å². The van der Waals surface area contributed by atoms with Crippen LogP contribution >= 0.6 is 0 Å². The fourth-order valence-corrected chi connectivity index (χ4v) is 3.67. The number of carbonyl (C=O) groups excluding carboxylic acids is 1. The highest BCUT2D eigenvalue weighted by molar-refractivity contribution is 5.80. The van der Waals surface area contributed by atoms with Crippen molar-refractivity contribution in [2.24, 2.45) is 11.8 Å². The zero-order chi connectivity index (χ0) is 17.1. The molecule has 5 nitrogen and oxygen atoms in total. The van der Waals surface area contributed by atoms with E-state index in [1.165, 1.54) is 12.8 Å². The highest BCUT2D eigenvalue weighted by Gasteiger charge is 2.40. The van der Waals surface area contributed by atoms with E-state index in [-0.39, 0.29) is 5.92 Å². The van der Waals surface area contributed by atoms with E-state index in [1.54, 1.807) is 12.4 Å². The molecule has 0 unspecified atom stereocenters. The van der Waals surface area contributed by atoms with Crippen molar-refractivity contribution in [2.45, 2.75) is 65.0 Å². The average Bonchev–Trinajstić information content (AvgIpc) is 3.46. The third-order valence-corrected chi connectivity index (χ3v) is 5.78. The molecule has 1 aliphatic heterocycles. The molecule has 1 saturated heterocycles. The number of carbonyl (C=O) groups is 1. The Balaban J connectivity index is 1.61. The van der Waals surface area contributed by atoms with Gasteiger partial charge < -0.3 is 9.80 Å². The van der Waals surface area contributed by atoms with Gasteiger partial charge in [-0.15, -0.1) is 0 Å². The molecule has 0 bridgehead atoms. The van der Waals surface area contributed by atoms with E-state index in [4.69, 9.17) is 0 Å². The molecule has 0 aromatic carbocycles. The van der Waals surface area contributed by atoms with Crippen molar-refractivity contribution in [1.29, 1.82) is 0 Å². The van der Waals surface area contributed by atoms with E-state index in [1.807, 2.05) is 6.07 Å². The molecule has 5 heteroatoms. The second kappa shape index (κ2) is 7.49. The van der Waals surface area contributed by atoms with E-state index >= 15 is 0 Å². The topological polar surface area (TPSA) is 49.3 Å². The van der Waals surface area contributed by atoms with Crippen molar-refractivity contribution < 1.29 is 4.79 Å². The predicted octanol–water partition coefficient (Wildman–Crippen LogP) is 3.12. The Labute approximate surface area is 145 Å². The highest BCUT2D eigenvalue weighted by Crippen LogP contribution is 2.34. The summed E-state index contributed by atoms with van der Waals surface area (Å²) in [6, 6.07) is 2.69. The Hall–Kier alpha value is -1.65. The Morgan fingerprint density at radius 2 is 1.83 bits per heavy atom. The molecule has 0 N–H and O–H groups in total. The second-order valence-electron chi connectivity index (χ2n) is 7.41. The van der Waals surface area contributed by atoms with E-state index < -0.39 is 0 Å². The third kappa shape index (κ3) is 3.70. The van der Waals surface area contributed by atoms with Gasteiger partial charge >= 0.3 is 0 Å². The Bertz CT molecular complexity index is 538. The van der Waals surface area contributed by atoms with Crippen molar-refractivity contribution in [3.05, 3.63) is 18.5 Å². The molecule has 2 fully saturated rings. The largest absolute Gasteiger partial charge is 0.341 e. The molecule has 24 heavy (non-hydrogen) atoms. The average molecular weight is 330 g/mol. The van der Waals surface area contributed by atoms with Gasteiger partial charge in [0, 0.05) is 43.5 Å². The first-order valence-electron chi connectivity index (χ1n) is 9.46. The number of hydrogen-bond acceptors (Lipinski definition) is 4. The van der Waals surface area contributed by atoms with Crippen LogP contribution in [0.5, 0.6) is 0 Å². The zero-order valence-corrected chi connectivity index (χ0v) is 15.2. The van der Waals surface area contributed by atoms with Gasteiger partial charge in [-0.3, -0.25) is 4.79 Å². The summed E-state index contributed by atoms with van der Waals surface area (Å²) in [4.78, 5) is 26.2. The lowest BCUT2D eigenvalue weighted by molar-refractivity contribution is -0.140. The number of piperidine rings is 1. The smallest absolute Gasteiger partial charge is 0.226 e. The lowest BCUT2D eigenvalue weighted by atomic mass is 9.92. The van der Waals surface area contributed by atoms with Gasteiger partial charge in [0.2, 0.25) is 11.9 Å². The van der Waals surface area contributed by atoms with E-state index in [0.29, 0.717) is 23.9 Å². The Kier molecular flexibility index (Phi) is 5.36. The van der Waals surface area contributed by atoms with Gasteiger partial charge in [-0.2, -0.15) is 0 Å². The zero-order valence-electron chi connectivity index (χ0n) is 15.2. The maximum atomic E-state index is 13.2. The molecule has 0 radical (unpaired) electrons. The standard InChI is InChI=1S/C19H30N4O/c1-4-14(2)15(3)23(17-6-7-17)18(24)16-8-12-22(13-9-16)19-20-10-5-11-21-19/h5,10-11,14-17H,4,6-9,12-13H2,1-3H3/t14-,15-/m1/s1. The molecular formula is C19H30N4O. The van der Waals surface area contributed by atoms with Crippen LogP contribution in [0.25, 0.3) is 0 Å². The van der Waals surface area contributed by atoms with Gasteiger partial charge in [0.1, 0.15) is 0 Å². The Morgan fingerprint density at radius 3 is 2.38 bits per heavy atom. The molecule has 1 aliphatic carbocycles. The van der Waals surface area contributed by atoms with Gasteiger partial charge in [0.15, 0.2) is 0 Å². The fraction of sp³-hybridized carbons (Fsp3) is 0.737. The molecule has 2 heterocycles. The summed E-state index contributed by atoms with van der Waals surface area (Å²) < 4.78 is 0. The van der Waals surface area contributed by atoms with Gasteiger partial charge in [-0.05, 0) is 44.6 Å². The SMILES string of the molecule is CC[C@@H](C)[C@@H](C)N(C(=O)C1CCN(c2ncccn2)CC1)C1CC1. The molecule has 2 aliphatic rings. The van der Waals surface area contributed by atoms with Crippen molar-refractivity contribution in [3.8, 4) is 0 Å². The molecule has 0 spiro atoms. The molecule has 3 rings (SSSR count). The number of hydrogen-bond donors (Lipinski definition) is 0. The summed E-state index contributed by atoms with van der Waals surface area (Å²) in [5.41, 5.74) is 0. The maximum absolute atomic E-state index is 13.2. The van der Waals surface area contributed by atoms with Crippen LogP contribution in [0.15, 0.2) is 18.5 Å². The number of aromatic nitrogens is 2. The molecule has 1 amide bonds. The second-order valence-corrected chi connectivity index (χ2v) is 7.41. The van der Waals surface area contributed by atoms with Crippen LogP contribution in [-0.2, 0) is 4.79 Å². The lowest BCUT2D eigenvalue weighted by Crippen LogP contribution is -2.49. The lowest BCUT2D eigenvalue weighted by Gasteiger charge is -2.38. The summed E-state index contributed by atoms with van der Waals surface area (Å²) in [5.74, 6) is 1.90. The van der Waals surface area contributed by atoms with E-state index in [0.717, 1.165) is 38.3 Å². The van der Waals surface area contributed by atoms with Gasteiger partial charge in [0.05, 0.1) is 0 Å². The van der Waals surface area contributed by atoms with Gasteiger partial charge in [0.25, 0.3) is 0 Å². The summed E-state index contributed by atoms with van der Waals surface area (Å²) >= 11 is 0. The van der Waals surface area contributed by atoms with Crippen LogP contribution in [0.4, 0.5) is 5.95 Å². The van der Waals surface area contributed by atoms with Gasteiger partial charge in [-0.1, -0.05) is 20.3 Å². The quantitative estimate of drug-likeness (QED) is 0.804. The van der Waals surface area contributed by atoms with Crippen LogP contribution in [0.1, 0.15) is 52.9 Å². The first-order chi connectivity index (χ1) is 11.6. The molecule has 132 valence electrons. The monoisotopic (exact) mass is 330 g/mol. The minimum Gasteiger partial charge on any atom is -0.341 e. The highest BCUT2D eigenvalue weighted by atomic mass is 16.2. The minimum absolute atomic E-state index is 0.164. The van der Waals surface area contributed by atoms with Crippen molar-refractivity contribution in [2.75, 3.05) is 18.0 Å². The van der Waals surface area contributed by atoms with Crippen LogP contribution in [0.3, 0.4) is 0 Å². The van der Waals surface area contributed by atoms with Crippen molar-refractivity contribution in [3.63, 3.8) is 0 Å². The maximum Gasteiger partial charge on any atom is 0.226 e. The molecule has 1 saturated carbocycles. The summed E-state index contributed by atoms with van der Waals surface area (Å²) in [5, 5.41) is 0. The predicted molar refractivity (Wildman–Crippen MR) is 95.8 cm³/mol.